The number of hydrogen-bond donors (Lipinski definition) is 1. The number of hydrogen-bond acceptors (Lipinski definition) is 2. The Balaban J connectivity index is 2.19. The summed E-state index contributed by atoms with van der Waals surface area (Å²) in [6.07, 6.45) is 6.56. The fourth-order valence-corrected chi connectivity index (χ4v) is 2.18. The average molecular weight is 313 g/mol. The van der Waals surface area contributed by atoms with Crippen LogP contribution in [0.1, 0.15) is 25.8 Å². The Morgan fingerprint density at radius 3 is 2.64 bits per heavy atom. The van der Waals surface area contributed by atoms with Crippen molar-refractivity contribution in [3.8, 4) is 11.8 Å². The molecule has 1 N–H and O–H groups in total. The van der Waals surface area contributed by atoms with Gasteiger partial charge < -0.3 is 5.11 Å². The molecule has 0 aromatic heterocycles. The highest BCUT2D eigenvalue weighted by atomic mass is 35.5. The highest BCUT2D eigenvalue weighted by molar-refractivity contribution is 6.30. The van der Waals surface area contributed by atoms with E-state index in [0.29, 0.717) is 10.6 Å². The summed E-state index contributed by atoms with van der Waals surface area (Å²) in [5.41, 5.74) is 0.916. The van der Waals surface area contributed by atoms with Crippen molar-refractivity contribution < 1.29 is 9.90 Å². The van der Waals surface area contributed by atoms with Crippen LogP contribution in [0.5, 0.6) is 0 Å². The van der Waals surface area contributed by atoms with Crippen LogP contribution in [0.2, 0.25) is 5.02 Å². The molecule has 0 bridgehead atoms. The molecule has 1 unspecified atom stereocenters. The summed E-state index contributed by atoms with van der Waals surface area (Å²) >= 11 is 5.82. The van der Waals surface area contributed by atoms with E-state index in [2.05, 4.69) is 11.8 Å². The van der Waals surface area contributed by atoms with Gasteiger partial charge in [0.2, 0.25) is 0 Å². The number of carbonyl (C=O) groups excluding carboxylic acids is 1. The SMILES string of the molecule is CC(C)=C/C=C1/C(=O)C=CC1(O)CC#Cc1ccc(Cl)cc1. The predicted molar refractivity (Wildman–Crippen MR) is 89.6 cm³/mol. The summed E-state index contributed by atoms with van der Waals surface area (Å²) in [7, 11) is 0. The zero-order valence-electron chi connectivity index (χ0n) is 12.6. The number of ketones is 1. The normalized spacial score (nSPS) is 21.6. The molecule has 2 rings (SSSR count). The monoisotopic (exact) mass is 312 g/mol. The molecule has 1 atom stereocenters. The number of benzene rings is 1. The lowest BCUT2D eigenvalue weighted by atomic mass is 9.92. The van der Waals surface area contributed by atoms with Gasteiger partial charge in [0, 0.05) is 22.6 Å². The maximum absolute atomic E-state index is 11.9. The molecule has 0 radical (unpaired) electrons. The fourth-order valence-electron chi connectivity index (χ4n) is 2.05. The van der Waals surface area contributed by atoms with Gasteiger partial charge in [-0.25, -0.2) is 0 Å². The Kier molecular flexibility index (Phi) is 5.03. The highest BCUT2D eigenvalue weighted by Crippen LogP contribution is 2.29. The van der Waals surface area contributed by atoms with Gasteiger partial charge in [-0.3, -0.25) is 4.79 Å². The summed E-state index contributed by atoms with van der Waals surface area (Å²) in [6.45, 7) is 3.87. The van der Waals surface area contributed by atoms with Gasteiger partial charge in [0.1, 0.15) is 5.60 Å². The third-order valence-corrected chi connectivity index (χ3v) is 3.51. The molecule has 1 aliphatic rings. The lowest BCUT2D eigenvalue weighted by molar-refractivity contribution is -0.112. The van der Waals surface area contributed by atoms with E-state index in [-0.39, 0.29) is 12.2 Å². The molecule has 1 aliphatic carbocycles. The van der Waals surface area contributed by atoms with Crippen LogP contribution in [0.4, 0.5) is 0 Å². The lowest BCUT2D eigenvalue weighted by Gasteiger charge is -2.19. The molecule has 2 nitrogen and oxygen atoms in total. The first-order valence-corrected chi connectivity index (χ1v) is 7.34. The predicted octanol–water partition coefficient (Wildman–Crippen LogP) is 3.84. The van der Waals surface area contributed by atoms with Gasteiger partial charge in [0.05, 0.1) is 0 Å². The van der Waals surface area contributed by atoms with Crippen LogP contribution in [-0.4, -0.2) is 16.5 Å². The maximum Gasteiger partial charge on any atom is 0.184 e. The van der Waals surface area contributed by atoms with Crippen molar-refractivity contribution in [2.75, 3.05) is 0 Å². The van der Waals surface area contributed by atoms with Crippen molar-refractivity contribution in [1.29, 1.82) is 0 Å². The van der Waals surface area contributed by atoms with Gasteiger partial charge in [-0.2, -0.15) is 0 Å². The van der Waals surface area contributed by atoms with E-state index in [4.69, 9.17) is 11.6 Å². The third kappa shape index (κ3) is 3.98. The molecule has 3 heteroatoms. The van der Waals surface area contributed by atoms with Crippen LogP contribution in [-0.2, 0) is 4.79 Å². The maximum atomic E-state index is 11.9. The van der Waals surface area contributed by atoms with Crippen LogP contribution in [0, 0.1) is 11.8 Å². The van der Waals surface area contributed by atoms with Crippen LogP contribution in [0.3, 0.4) is 0 Å². The number of aliphatic hydroxyl groups is 1. The fraction of sp³-hybridized carbons (Fsp3) is 0.211. The Bertz CT molecular complexity index is 723. The van der Waals surface area contributed by atoms with Gasteiger partial charge in [-0.1, -0.05) is 41.2 Å². The number of rotatable bonds is 2. The summed E-state index contributed by atoms with van der Waals surface area (Å²) in [5.74, 6) is 5.73. The van der Waals surface area contributed by atoms with Gasteiger partial charge >= 0.3 is 0 Å². The standard InChI is InChI=1S/C19H17ClO2/c1-14(2)5-10-17-18(21)11-13-19(17,22)12-3-4-15-6-8-16(20)9-7-15/h5-11,13,22H,12H2,1-2H3/b17-10-. The number of halogens is 1. The van der Waals surface area contributed by atoms with Crippen LogP contribution in [0.15, 0.2) is 59.7 Å². The quantitative estimate of drug-likeness (QED) is 0.665. The summed E-state index contributed by atoms with van der Waals surface area (Å²) in [6, 6.07) is 7.16. The zero-order chi connectivity index (χ0) is 16.2. The van der Waals surface area contributed by atoms with Crippen molar-refractivity contribution in [1.82, 2.24) is 0 Å². The molecule has 0 saturated carbocycles. The highest BCUT2D eigenvalue weighted by Gasteiger charge is 2.36. The molecule has 0 amide bonds. The molecule has 0 fully saturated rings. The van der Waals surface area contributed by atoms with E-state index in [1.165, 1.54) is 12.2 Å². The van der Waals surface area contributed by atoms with E-state index < -0.39 is 5.60 Å². The molecule has 112 valence electrons. The molecule has 0 spiro atoms. The van der Waals surface area contributed by atoms with Gasteiger partial charge in [-0.15, -0.1) is 0 Å². The topological polar surface area (TPSA) is 37.3 Å². The minimum absolute atomic E-state index is 0.167. The van der Waals surface area contributed by atoms with Gasteiger partial charge in [0.25, 0.3) is 0 Å². The molecular weight excluding hydrogens is 296 g/mol. The molecular formula is C19H17ClO2. The Hall–Kier alpha value is -2.08. The minimum Gasteiger partial charge on any atom is -0.380 e. The Morgan fingerprint density at radius 2 is 2.00 bits per heavy atom. The number of carbonyl (C=O) groups is 1. The first-order chi connectivity index (χ1) is 10.4. The Labute approximate surface area is 135 Å². The third-order valence-electron chi connectivity index (χ3n) is 3.26. The van der Waals surface area contributed by atoms with E-state index in [1.54, 1.807) is 18.2 Å². The first kappa shape index (κ1) is 16.3. The van der Waals surface area contributed by atoms with E-state index in [1.807, 2.05) is 32.1 Å². The van der Waals surface area contributed by atoms with Gasteiger partial charge in [-0.05, 0) is 50.3 Å². The molecule has 0 heterocycles. The summed E-state index contributed by atoms with van der Waals surface area (Å²) < 4.78 is 0. The molecule has 1 aromatic rings. The van der Waals surface area contributed by atoms with Gasteiger partial charge in [0.15, 0.2) is 5.78 Å². The van der Waals surface area contributed by atoms with Crippen LogP contribution in [0.25, 0.3) is 0 Å². The summed E-state index contributed by atoms with van der Waals surface area (Å²) in [5, 5.41) is 11.3. The molecule has 0 aliphatic heterocycles. The smallest absolute Gasteiger partial charge is 0.184 e. The molecule has 22 heavy (non-hydrogen) atoms. The molecule has 1 aromatic carbocycles. The second-order valence-corrected chi connectivity index (χ2v) is 5.87. The number of allylic oxidation sites excluding steroid dienone is 4. The van der Waals surface area contributed by atoms with E-state index in [0.717, 1.165) is 11.1 Å². The second-order valence-electron chi connectivity index (χ2n) is 5.43. The average Bonchev–Trinajstić information content (AvgIpc) is 2.74. The van der Waals surface area contributed by atoms with Crippen molar-refractivity contribution >= 4 is 17.4 Å². The zero-order valence-corrected chi connectivity index (χ0v) is 13.3. The first-order valence-electron chi connectivity index (χ1n) is 6.97. The van der Waals surface area contributed by atoms with Crippen LogP contribution >= 0.6 is 11.6 Å². The largest absolute Gasteiger partial charge is 0.380 e. The van der Waals surface area contributed by atoms with Crippen molar-refractivity contribution in [3.63, 3.8) is 0 Å². The van der Waals surface area contributed by atoms with E-state index >= 15 is 0 Å². The van der Waals surface area contributed by atoms with Crippen LogP contribution < -0.4 is 0 Å². The second kappa shape index (κ2) is 6.79. The van der Waals surface area contributed by atoms with E-state index in [9.17, 15) is 9.90 Å². The lowest BCUT2D eigenvalue weighted by Crippen LogP contribution is -2.27. The van der Waals surface area contributed by atoms with Crippen molar-refractivity contribution in [2.24, 2.45) is 0 Å². The van der Waals surface area contributed by atoms with Crippen molar-refractivity contribution in [2.45, 2.75) is 25.9 Å². The summed E-state index contributed by atoms with van der Waals surface area (Å²) in [4.78, 5) is 11.9. The molecule has 0 saturated heterocycles. The Morgan fingerprint density at radius 1 is 1.32 bits per heavy atom. The van der Waals surface area contributed by atoms with Crippen molar-refractivity contribution in [3.05, 3.63) is 70.3 Å². The minimum atomic E-state index is -1.32.